The highest BCUT2D eigenvalue weighted by Crippen LogP contribution is 2.26. The highest BCUT2D eigenvalue weighted by atomic mass is 35.5. The molecule has 0 aliphatic heterocycles. The van der Waals surface area contributed by atoms with Crippen LogP contribution in [0, 0.1) is 0 Å². The van der Waals surface area contributed by atoms with Gasteiger partial charge < -0.3 is 0 Å². The van der Waals surface area contributed by atoms with Crippen LogP contribution in [0.25, 0.3) is 16.8 Å². The van der Waals surface area contributed by atoms with Crippen molar-refractivity contribution >= 4 is 38.6 Å². The third-order valence-corrected chi connectivity index (χ3v) is 8.33. The number of thiophene rings is 1. The maximum atomic E-state index is 12.4. The minimum absolute atomic E-state index is 0.0163. The molecule has 0 saturated carbocycles. The zero-order valence-electron chi connectivity index (χ0n) is 16.8. The van der Waals surface area contributed by atoms with Gasteiger partial charge in [0.25, 0.3) is 5.56 Å². The standard InChI is InChI=1S/C24H18ClNO4S2/c25-22-11-13-24(31-22)32(29,30)16-21(27)14-17-6-9-20(10-7-17)26-15-19(8-12-23(26)28)18-4-2-1-3-5-18/h1-13,15H,14,16H2. The molecule has 0 N–H and O–H groups in total. The van der Waals surface area contributed by atoms with Crippen molar-refractivity contribution in [2.24, 2.45) is 0 Å². The van der Waals surface area contributed by atoms with Crippen LogP contribution in [0.5, 0.6) is 0 Å². The van der Waals surface area contributed by atoms with E-state index < -0.39 is 21.4 Å². The maximum absolute atomic E-state index is 12.4. The molecule has 0 bridgehead atoms. The summed E-state index contributed by atoms with van der Waals surface area (Å²) in [4.78, 5) is 24.7. The lowest BCUT2D eigenvalue weighted by atomic mass is 10.1. The number of hydrogen-bond acceptors (Lipinski definition) is 5. The summed E-state index contributed by atoms with van der Waals surface area (Å²) >= 11 is 6.73. The van der Waals surface area contributed by atoms with Crippen molar-refractivity contribution in [3.8, 4) is 16.8 Å². The van der Waals surface area contributed by atoms with Crippen molar-refractivity contribution < 1.29 is 13.2 Å². The van der Waals surface area contributed by atoms with E-state index in [0.29, 0.717) is 15.6 Å². The number of nitrogens with zero attached hydrogens (tertiary/aromatic N) is 1. The van der Waals surface area contributed by atoms with Gasteiger partial charge in [-0.1, -0.05) is 54.1 Å². The average Bonchev–Trinajstić information content (AvgIpc) is 3.22. The van der Waals surface area contributed by atoms with Gasteiger partial charge in [0, 0.05) is 24.4 Å². The van der Waals surface area contributed by atoms with E-state index in [4.69, 9.17) is 11.6 Å². The molecule has 0 radical (unpaired) electrons. The van der Waals surface area contributed by atoms with Gasteiger partial charge in [-0.2, -0.15) is 0 Å². The lowest BCUT2D eigenvalue weighted by Gasteiger charge is -2.10. The predicted octanol–water partition coefficient (Wildman–Crippen LogP) is 4.80. The molecule has 0 unspecified atom stereocenters. The van der Waals surface area contributed by atoms with Crippen LogP contribution in [0.15, 0.2) is 94.1 Å². The molecule has 4 rings (SSSR count). The Morgan fingerprint density at radius 3 is 2.25 bits per heavy atom. The van der Waals surface area contributed by atoms with Gasteiger partial charge in [0.15, 0.2) is 15.6 Å². The molecule has 0 aliphatic carbocycles. The van der Waals surface area contributed by atoms with Gasteiger partial charge >= 0.3 is 0 Å². The van der Waals surface area contributed by atoms with E-state index in [2.05, 4.69) is 0 Å². The lowest BCUT2D eigenvalue weighted by Crippen LogP contribution is -2.18. The molecule has 2 heterocycles. The third kappa shape index (κ3) is 5.07. The molecule has 0 aliphatic rings. The second-order valence-electron chi connectivity index (χ2n) is 7.19. The maximum Gasteiger partial charge on any atom is 0.255 e. The molecule has 0 fully saturated rings. The van der Waals surface area contributed by atoms with Crippen molar-refractivity contribution in [1.82, 2.24) is 4.57 Å². The van der Waals surface area contributed by atoms with Crippen molar-refractivity contribution in [3.63, 3.8) is 0 Å². The Balaban J connectivity index is 1.50. The first-order valence-corrected chi connectivity index (χ1v) is 12.5. The Bertz CT molecular complexity index is 1420. The molecule has 8 heteroatoms. The van der Waals surface area contributed by atoms with E-state index >= 15 is 0 Å². The molecule has 0 saturated heterocycles. The van der Waals surface area contributed by atoms with E-state index in [0.717, 1.165) is 22.5 Å². The van der Waals surface area contributed by atoms with Gasteiger partial charge in [-0.15, -0.1) is 11.3 Å². The van der Waals surface area contributed by atoms with Crippen molar-refractivity contribution in [2.45, 2.75) is 10.6 Å². The molecule has 2 aromatic carbocycles. The van der Waals surface area contributed by atoms with Crippen LogP contribution in [-0.2, 0) is 21.1 Å². The molecule has 0 amide bonds. The van der Waals surface area contributed by atoms with Gasteiger partial charge in [-0.25, -0.2) is 8.42 Å². The summed E-state index contributed by atoms with van der Waals surface area (Å²) in [5.74, 6) is -0.991. The number of hydrogen-bond donors (Lipinski definition) is 0. The van der Waals surface area contributed by atoms with Crippen LogP contribution in [0.4, 0.5) is 0 Å². The van der Waals surface area contributed by atoms with Crippen molar-refractivity contribution in [2.75, 3.05) is 5.75 Å². The van der Waals surface area contributed by atoms with Gasteiger partial charge in [-0.3, -0.25) is 14.2 Å². The number of aromatic nitrogens is 1. The first-order valence-electron chi connectivity index (χ1n) is 9.69. The number of benzene rings is 2. The molecule has 2 aromatic heterocycles. The molecule has 32 heavy (non-hydrogen) atoms. The average molecular weight is 484 g/mol. The van der Waals surface area contributed by atoms with Crippen LogP contribution in [0.2, 0.25) is 4.34 Å². The Kier molecular flexibility index (Phi) is 6.41. The Labute approximate surface area is 194 Å². The normalized spacial score (nSPS) is 11.4. The second kappa shape index (κ2) is 9.24. The molecular formula is C24H18ClNO4S2. The quantitative estimate of drug-likeness (QED) is 0.378. The van der Waals surface area contributed by atoms with Crippen LogP contribution in [0.3, 0.4) is 0 Å². The summed E-state index contributed by atoms with van der Waals surface area (Å²) in [5, 5.41) is 0. The number of pyridine rings is 1. The number of halogens is 1. The van der Waals surface area contributed by atoms with Crippen LogP contribution in [0.1, 0.15) is 5.56 Å². The summed E-state index contributed by atoms with van der Waals surface area (Å²) in [6.07, 6.45) is 1.76. The third-order valence-electron chi connectivity index (χ3n) is 4.84. The first-order chi connectivity index (χ1) is 15.3. The molecule has 5 nitrogen and oxygen atoms in total. The van der Waals surface area contributed by atoms with E-state index in [1.807, 2.05) is 30.3 Å². The SMILES string of the molecule is O=C(Cc1ccc(-n2cc(-c3ccccc3)ccc2=O)cc1)CS(=O)(=O)c1ccc(Cl)s1. The topological polar surface area (TPSA) is 73.2 Å². The smallest absolute Gasteiger partial charge is 0.255 e. The number of carbonyl (C=O) groups excluding carboxylic acids is 1. The fourth-order valence-electron chi connectivity index (χ4n) is 3.29. The van der Waals surface area contributed by atoms with Crippen molar-refractivity contribution in [1.29, 1.82) is 0 Å². The lowest BCUT2D eigenvalue weighted by molar-refractivity contribution is -0.116. The van der Waals surface area contributed by atoms with E-state index in [1.165, 1.54) is 18.2 Å². The molecular weight excluding hydrogens is 466 g/mol. The van der Waals surface area contributed by atoms with Crippen LogP contribution >= 0.6 is 22.9 Å². The fourth-order valence-corrected chi connectivity index (χ4v) is 6.10. The van der Waals surface area contributed by atoms with Gasteiger partial charge in [0.05, 0.1) is 4.34 Å². The highest BCUT2D eigenvalue weighted by molar-refractivity contribution is 7.94. The predicted molar refractivity (Wildman–Crippen MR) is 128 cm³/mol. The largest absolute Gasteiger partial charge is 0.298 e. The number of rotatable bonds is 7. The number of Topliss-reactive ketones (excluding diaryl/α,β-unsaturated/α-hetero) is 1. The van der Waals surface area contributed by atoms with Crippen molar-refractivity contribution in [3.05, 3.63) is 105 Å². The second-order valence-corrected chi connectivity index (χ2v) is 11.1. The molecule has 4 aromatic rings. The molecule has 162 valence electrons. The monoisotopic (exact) mass is 483 g/mol. The summed E-state index contributed by atoms with van der Waals surface area (Å²) in [6.45, 7) is 0. The minimum Gasteiger partial charge on any atom is -0.298 e. The number of carbonyl (C=O) groups is 1. The zero-order chi connectivity index (χ0) is 22.7. The highest BCUT2D eigenvalue weighted by Gasteiger charge is 2.21. The van der Waals surface area contributed by atoms with Crippen LogP contribution < -0.4 is 5.56 Å². The van der Waals surface area contributed by atoms with E-state index in [9.17, 15) is 18.0 Å². The van der Waals surface area contributed by atoms with Gasteiger partial charge in [0.2, 0.25) is 0 Å². The van der Waals surface area contributed by atoms with E-state index in [-0.39, 0.29) is 16.2 Å². The zero-order valence-corrected chi connectivity index (χ0v) is 19.2. The first kappa shape index (κ1) is 22.2. The van der Waals surface area contributed by atoms with Crippen LogP contribution in [-0.4, -0.2) is 24.5 Å². The number of sulfone groups is 1. The Morgan fingerprint density at radius 2 is 1.59 bits per heavy atom. The summed E-state index contributed by atoms with van der Waals surface area (Å²) in [5.41, 5.74) is 3.06. The van der Waals surface area contributed by atoms with E-state index in [1.54, 1.807) is 41.1 Å². The molecule has 0 spiro atoms. The summed E-state index contributed by atoms with van der Waals surface area (Å²) in [6, 6.07) is 22.9. The summed E-state index contributed by atoms with van der Waals surface area (Å²) in [7, 11) is -3.71. The van der Waals surface area contributed by atoms with Gasteiger partial charge in [0.1, 0.15) is 9.96 Å². The molecule has 0 atom stereocenters. The Morgan fingerprint density at radius 1 is 0.875 bits per heavy atom. The van der Waals surface area contributed by atoms with Gasteiger partial charge in [-0.05, 0) is 47.0 Å². The number of ketones is 1. The minimum atomic E-state index is -3.71. The fraction of sp³-hybridized carbons (Fsp3) is 0.0833. The Hall–Kier alpha value is -3.00. The summed E-state index contributed by atoms with van der Waals surface area (Å²) < 4.78 is 26.7.